The van der Waals surface area contributed by atoms with Gasteiger partial charge in [0, 0.05) is 19.0 Å². The second kappa shape index (κ2) is 13.9. The monoisotopic (exact) mass is 655 g/mol. The summed E-state index contributed by atoms with van der Waals surface area (Å²) in [6, 6.07) is 11.4. The number of hydrogen-bond donors (Lipinski definition) is 0. The molecule has 0 bridgehead atoms. The van der Waals surface area contributed by atoms with E-state index in [0.717, 1.165) is 27.1 Å². The molecule has 1 atom stereocenters. The summed E-state index contributed by atoms with van der Waals surface area (Å²) in [6.45, 7) is 3.59. The van der Waals surface area contributed by atoms with E-state index in [1.165, 1.54) is 24.1 Å². The molecule has 7 nitrogen and oxygen atoms in total. The van der Waals surface area contributed by atoms with Crippen molar-refractivity contribution in [2.75, 3.05) is 26.8 Å². The molecule has 42 heavy (non-hydrogen) atoms. The fourth-order valence-corrected chi connectivity index (χ4v) is 5.84. The second-order valence-corrected chi connectivity index (χ2v) is 10.7. The summed E-state index contributed by atoms with van der Waals surface area (Å²) in [5.41, 5.74) is 4.22. The number of amides is 1. The molecule has 1 amide bonds. The van der Waals surface area contributed by atoms with Gasteiger partial charge in [-0.05, 0) is 83.1 Å². The van der Waals surface area contributed by atoms with E-state index in [1.54, 1.807) is 30.3 Å². The molecule has 1 fully saturated rings. The van der Waals surface area contributed by atoms with Crippen molar-refractivity contribution < 1.29 is 36.6 Å². The van der Waals surface area contributed by atoms with Crippen molar-refractivity contribution in [3.05, 3.63) is 75.3 Å². The van der Waals surface area contributed by atoms with E-state index in [4.69, 9.17) is 19.3 Å². The summed E-state index contributed by atoms with van der Waals surface area (Å²) in [4.78, 5) is 14.0. The van der Waals surface area contributed by atoms with Gasteiger partial charge in [0.25, 0.3) is 0 Å². The highest BCUT2D eigenvalue weighted by atomic mass is 79.9. The molecule has 5 rings (SSSR count). The van der Waals surface area contributed by atoms with E-state index >= 15 is 0 Å². The summed E-state index contributed by atoms with van der Waals surface area (Å²) in [5, 5.41) is 4.80. The summed E-state index contributed by atoms with van der Waals surface area (Å²) in [6.07, 6.45) is -5.73. The van der Waals surface area contributed by atoms with Gasteiger partial charge in [0.05, 0.1) is 41.9 Å². The Balaban J connectivity index is 0.00000198. The predicted molar refractivity (Wildman–Crippen MR) is 152 cm³/mol. The maximum absolute atomic E-state index is 13.7. The minimum atomic E-state index is -4.77. The van der Waals surface area contributed by atoms with E-state index in [-0.39, 0.29) is 31.4 Å². The van der Waals surface area contributed by atoms with Gasteiger partial charge in [-0.25, -0.2) is 13.9 Å². The molecule has 1 unspecified atom stereocenters. The Hall–Kier alpha value is -3.12. The van der Waals surface area contributed by atoms with Crippen LogP contribution < -0.4 is 4.74 Å². The fraction of sp³-hybridized carbons (Fsp3) is 0.467. The minimum Gasteiger partial charge on any atom is -0.497 e. The van der Waals surface area contributed by atoms with E-state index in [0.29, 0.717) is 37.0 Å². The van der Waals surface area contributed by atoms with Gasteiger partial charge in [0.2, 0.25) is 6.10 Å². The summed E-state index contributed by atoms with van der Waals surface area (Å²) >= 11 is 3.68. The molecule has 3 heterocycles. The summed E-state index contributed by atoms with van der Waals surface area (Å²) in [7, 11) is 1.52. The van der Waals surface area contributed by atoms with Gasteiger partial charge in [-0.15, -0.1) is 0 Å². The van der Waals surface area contributed by atoms with Crippen LogP contribution in [0.15, 0.2) is 46.9 Å². The van der Waals surface area contributed by atoms with E-state index < -0.39 is 25.0 Å². The van der Waals surface area contributed by atoms with Crippen LogP contribution in [0.25, 0.3) is 5.69 Å². The van der Waals surface area contributed by atoms with Crippen LogP contribution in [0.1, 0.15) is 55.1 Å². The highest BCUT2D eigenvalue weighted by Crippen LogP contribution is 2.38. The number of methoxy groups -OCH3 is 1. The Kier molecular flexibility index (Phi) is 10.5. The second-order valence-electron chi connectivity index (χ2n) is 9.87. The number of aromatic nitrogens is 2. The lowest BCUT2D eigenvalue weighted by molar-refractivity contribution is -0.220. The number of piperidine rings is 1. The molecule has 3 aromatic rings. The number of rotatable bonds is 7. The van der Waals surface area contributed by atoms with Crippen LogP contribution in [0.5, 0.6) is 5.75 Å². The molecule has 2 aliphatic rings. The molecule has 1 aromatic heterocycles. The number of carbonyl (C=O) groups is 1. The smallest absolute Gasteiger partial charge is 0.427 e. The molecule has 12 heteroatoms. The topological polar surface area (TPSA) is 65.8 Å². The Labute approximate surface area is 250 Å². The first-order valence-corrected chi connectivity index (χ1v) is 14.7. The quantitative estimate of drug-likeness (QED) is 0.249. The first-order valence-electron chi connectivity index (χ1n) is 13.9. The number of fused-ring (bicyclic) bond motifs is 3. The molecule has 228 valence electrons. The molecule has 0 saturated carbocycles. The third-order valence-corrected chi connectivity index (χ3v) is 8.15. The molecule has 0 radical (unpaired) electrons. The predicted octanol–water partition coefficient (Wildman–Crippen LogP) is 7.37. The van der Waals surface area contributed by atoms with E-state index in [9.17, 15) is 22.4 Å². The zero-order chi connectivity index (χ0) is 30.4. The van der Waals surface area contributed by atoms with Gasteiger partial charge in [-0.1, -0.05) is 26.0 Å². The van der Waals surface area contributed by atoms with Gasteiger partial charge >= 0.3 is 12.3 Å². The number of hydrogen-bond acceptors (Lipinski definition) is 5. The number of nitrogens with zero attached hydrogens (tertiary/aromatic N) is 3. The van der Waals surface area contributed by atoms with Crippen LogP contribution in [0.3, 0.4) is 0 Å². The van der Waals surface area contributed by atoms with E-state index in [2.05, 4.69) is 15.9 Å². The standard InChI is InChI=1S/C28H28BrF4N3O4.C2H6/c1-38-21-6-2-17(3-7-21)15-39-16-24(28(31,32)33)40-27(37)35-12-10-18(11-13-35)26-25(29)23-8-4-19-14-20(30)5-9-22(19)36(23)34-26;1-2/h2-3,5-7,9,14,18,24H,4,8,10-13,15-16H2,1H3;1-2H3. The maximum atomic E-state index is 13.7. The highest BCUT2D eigenvalue weighted by Gasteiger charge is 2.44. The van der Waals surface area contributed by atoms with Gasteiger partial charge < -0.3 is 19.1 Å². The molecule has 0 N–H and O–H groups in total. The van der Waals surface area contributed by atoms with Crippen molar-refractivity contribution in [2.45, 2.75) is 64.3 Å². The zero-order valence-electron chi connectivity index (χ0n) is 23.7. The normalized spacial score (nSPS) is 15.7. The average Bonchev–Trinajstić information content (AvgIpc) is 3.33. The molecule has 0 aliphatic carbocycles. The van der Waals surface area contributed by atoms with Crippen LogP contribution in [-0.4, -0.2) is 59.9 Å². The van der Waals surface area contributed by atoms with Gasteiger partial charge in [0.15, 0.2) is 0 Å². The first-order chi connectivity index (χ1) is 20.1. The van der Waals surface area contributed by atoms with Gasteiger partial charge in [-0.2, -0.15) is 18.3 Å². The largest absolute Gasteiger partial charge is 0.497 e. The SMILES string of the molecule is CC.COc1ccc(COCC(OC(=O)N2CCC(c3nn4c(c3Br)CCc3cc(F)ccc3-4)CC2)C(F)(F)F)cc1. The van der Waals surface area contributed by atoms with Crippen LogP contribution in [0, 0.1) is 5.82 Å². The third-order valence-electron chi connectivity index (χ3n) is 7.29. The summed E-state index contributed by atoms with van der Waals surface area (Å²) < 4.78 is 72.4. The molecular formula is C30H34BrF4N3O4. The Morgan fingerprint density at radius 2 is 1.79 bits per heavy atom. The summed E-state index contributed by atoms with van der Waals surface area (Å²) in [5.74, 6) is 0.340. The Morgan fingerprint density at radius 1 is 1.10 bits per heavy atom. The van der Waals surface area contributed by atoms with Gasteiger partial charge in [0.1, 0.15) is 11.6 Å². The number of benzene rings is 2. The highest BCUT2D eigenvalue weighted by molar-refractivity contribution is 9.10. The molecular weight excluding hydrogens is 622 g/mol. The lowest BCUT2D eigenvalue weighted by Crippen LogP contribution is -2.44. The number of alkyl halides is 3. The van der Waals surface area contributed by atoms with Crippen LogP contribution in [0.2, 0.25) is 0 Å². The lowest BCUT2D eigenvalue weighted by atomic mass is 9.93. The fourth-order valence-electron chi connectivity index (χ4n) is 5.08. The molecule has 2 aliphatic heterocycles. The number of likely N-dealkylation sites (tertiary alicyclic amines) is 1. The molecule has 0 spiro atoms. The zero-order valence-corrected chi connectivity index (χ0v) is 25.3. The van der Waals surface area contributed by atoms with Crippen LogP contribution in [-0.2, 0) is 28.9 Å². The van der Waals surface area contributed by atoms with Crippen molar-refractivity contribution in [2.24, 2.45) is 0 Å². The average molecular weight is 657 g/mol. The van der Waals surface area contributed by atoms with Crippen molar-refractivity contribution in [3.63, 3.8) is 0 Å². The van der Waals surface area contributed by atoms with E-state index in [1.807, 2.05) is 18.5 Å². The van der Waals surface area contributed by atoms with Crippen LogP contribution >= 0.6 is 15.9 Å². The van der Waals surface area contributed by atoms with Crippen molar-refractivity contribution in [1.29, 1.82) is 0 Å². The van der Waals surface area contributed by atoms with Crippen molar-refractivity contribution in [3.8, 4) is 11.4 Å². The lowest BCUT2D eigenvalue weighted by Gasteiger charge is -2.32. The molecule has 1 saturated heterocycles. The van der Waals surface area contributed by atoms with Crippen molar-refractivity contribution >= 4 is 22.0 Å². The number of aryl methyl sites for hydroxylation is 1. The minimum absolute atomic E-state index is 0.00617. The maximum Gasteiger partial charge on any atom is 0.427 e. The van der Waals surface area contributed by atoms with Crippen LogP contribution in [0.4, 0.5) is 22.4 Å². The number of carbonyl (C=O) groups excluding carboxylic acids is 1. The number of ether oxygens (including phenoxy) is 3. The Morgan fingerprint density at radius 3 is 2.43 bits per heavy atom. The third kappa shape index (κ3) is 7.26. The first kappa shape index (κ1) is 31.8. The number of halogens is 5. The van der Waals surface area contributed by atoms with Gasteiger partial charge in [-0.3, -0.25) is 0 Å². The Bertz CT molecular complexity index is 1360. The van der Waals surface area contributed by atoms with Crippen molar-refractivity contribution in [1.82, 2.24) is 14.7 Å². The molecule has 2 aromatic carbocycles.